The molecule has 3 N–H and O–H groups in total. The lowest BCUT2D eigenvalue weighted by atomic mass is 9.86. The molecule has 1 rings (SSSR count). The van der Waals surface area contributed by atoms with Gasteiger partial charge in [-0.2, -0.15) is 0 Å². The molecular weight excluding hydrogens is 240 g/mol. The Morgan fingerprint density at radius 3 is 2.53 bits per heavy atom. The van der Waals surface area contributed by atoms with E-state index in [9.17, 15) is 4.79 Å². The van der Waals surface area contributed by atoms with Crippen LogP contribution in [-0.4, -0.2) is 30.7 Å². The maximum absolute atomic E-state index is 12.1. The van der Waals surface area contributed by atoms with Gasteiger partial charge in [-0.15, -0.1) is 0 Å². The van der Waals surface area contributed by atoms with E-state index in [4.69, 9.17) is 10.5 Å². The Balaban J connectivity index is 2.43. The number of nitrogens with two attached hydrogens (primary N) is 1. The second kappa shape index (κ2) is 8.54. The highest BCUT2D eigenvalue weighted by molar-refractivity contribution is 5.80. The third-order valence-corrected chi connectivity index (χ3v) is 4.22. The lowest BCUT2D eigenvalue weighted by Crippen LogP contribution is -2.44. The van der Waals surface area contributed by atoms with Gasteiger partial charge in [0.15, 0.2) is 0 Å². The van der Waals surface area contributed by atoms with E-state index in [2.05, 4.69) is 19.2 Å². The molecule has 1 amide bonds. The lowest BCUT2D eigenvalue weighted by Gasteiger charge is -2.32. The van der Waals surface area contributed by atoms with Crippen molar-refractivity contribution in [1.82, 2.24) is 5.32 Å². The lowest BCUT2D eigenvalue weighted by molar-refractivity contribution is -0.139. The van der Waals surface area contributed by atoms with Crippen LogP contribution in [0.4, 0.5) is 0 Å². The molecule has 4 heteroatoms. The van der Waals surface area contributed by atoms with Crippen LogP contribution in [0.15, 0.2) is 0 Å². The zero-order valence-electron chi connectivity index (χ0n) is 12.7. The van der Waals surface area contributed by atoms with Crippen LogP contribution < -0.4 is 11.1 Å². The predicted molar refractivity (Wildman–Crippen MR) is 77.9 cm³/mol. The van der Waals surface area contributed by atoms with Crippen molar-refractivity contribution in [3.8, 4) is 0 Å². The maximum atomic E-state index is 12.1. The molecule has 0 aromatic rings. The monoisotopic (exact) mass is 270 g/mol. The van der Waals surface area contributed by atoms with E-state index in [0.29, 0.717) is 12.5 Å². The molecule has 4 nitrogen and oxygen atoms in total. The van der Waals surface area contributed by atoms with E-state index in [1.165, 1.54) is 12.8 Å². The molecule has 0 aromatic heterocycles. The van der Waals surface area contributed by atoms with E-state index in [0.717, 1.165) is 25.7 Å². The fraction of sp³-hybridized carbons (Fsp3) is 0.933. The number of amides is 1. The summed E-state index contributed by atoms with van der Waals surface area (Å²) in [7, 11) is 0. The summed E-state index contributed by atoms with van der Waals surface area (Å²) in [4.78, 5) is 12.1. The minimum atomic E-state index is -0.377. The summed E-state index contributed by atoms with van der Waals surface area (Å²) in [5.41, 5.74) is 5.79. The Morgan fingerprint density at radius 1 is 1.32 bits per heavy atom. The molecule has 19 heavy (non-hydrogen) atoms. The summed E-state index contributed by atoms with van der Waals surface area (Å²) in [5.74, 6) is 0.423. The standard InChI is InChI=1S/C15H30N2O2/c1-4-13(5-2)17-15(18)11(3)19-14-9-7-6-8-12(14)10-16/h11-14H,4-10,16H2,1-3H3,(H,17,18). The second-order valence-electron chi connectivity index (χ2n) is 5.62. The van der Waals surface area contributed by atoms with E-state index in [1.54, 1.807) is 0 Å². The number of hydrogen-bond donors (Lipinski definition) is 2. The quantitative estimate of drug-likeness (QED) is 0.745. The van der Waals surface area contributed by atoms with Crippen LogP contribution in [0.5, 0.6) is 0 Å². The smallest absolute Gasteiger partial charge is 0.249 e. The summed E-state index contributed by atoms with van der Waals surface area (Å²) >= 11 is 0. The van der Waals surface area contributed by atoms with E-state index >= 15 is 0 Å². The van der Waals surface area contributed by atoms with E-state index in [-0.39, 0.29) is 24.2 Å². The first-order valence-electron chi connectivity index (χ1n) is 7.78. The minimum absolute atomic E-state index is 0.00930. The minimum Gasteiger partial charge on any atom is -0.365 e. The van der Waals surface area contributed by atoms with Crippen LogP contribution in [0.1, 0.15) is 59.3 Å². The van der Waals surface area contributed by atoms with Gasteiger partial charge in [0.25, 0.3) is 0 Å². The first-order chi connectivity index (χ1) is 9.12. The van der Waals surface area contributed by atoms with Crippen molar-refractivity contribution in [2.75, 3.05) is 6.54 Å². The van der Waals surface area contributed by atoms with Gasteiger partial charge in [-0.3, -0.25) is 4.79 Å². The molecule has 0 aliphatic heterocycles. The zero-order chi connectivity index (χ0) is 14.3. The Labute approximate surface area is 117 Å². The first kappa shape index (κ1) is 16.4. The van der Waals surface area contributed by atoms with Crippen LogP contribution >= 0.6 is 0 Å². The zero-order valence-corrected chi connectivity index (χ0v) is 12.7. The Kier molecular flexibility index (Phi) is 7.39. The molecule has 0 radical (unpaired) electrons. The third-order valence-electron chi connectivity index (χ3n) is 4.22. The summed E-state index contributed by atoms with van der Waals surface area (Å²) < 4.78 is 5.95. The molecule has 0 heterocycles. The van der Waals surface area contributed by atoms with Gasteiger partial charge in [0, 0.05) is 6.04 Å². The summed E-state index contributed by atoms with van der Waals surface area (Å²) in [6.45, 7) is 6.68. The van der Waals surface area contributed by atoms with Gasteiger partial charge in [-0.25, -0.2) is 0 Å². The largest absolute Gasteiger partial charge is 0.365 e. The van der Waals surface area contributed by atoms with Crippen molar-refractivity contribution in [1.29, 1.82) is 0 Å². The average molecular weight is 270 g/mol. The van der Waals surface area contributed by atoms with Crippen molar-refractivity contribution >= 4 is 5.91 Å². The number of hydrogen-bond acceptors (Lipinski definition) is 3. The van der Waals surface area contributed by atoms with E-state index in [1.807, 2.05) is 6.92 Å². The number of ether oxygens (including phenoxy) is 1. The molecule has 0 spiro atoms. The van der Waals surface area contributed by atoms with Gasteiger partial charge in [0.05, 0.1) is 6.10 Å². The predicted octanol–water partition coefficient (Wildman–Crippen LogP) is 2.21. The molecule has 0 saturated heterocycles. The summed E-state index contributed by atoms with van der Waals surface area (Å²) in [5, 5.41) is 3.04. The van der Waals surface area contributed by atoms with Gasteiger partial charge in [0.2, 0.25) is 5.91 Å². The molecule has 1 saturated carbocycles. The number of carbonyl (C=O) groups is 1. The first-order valence-corrected chi connectivity index (χ1v) is 7.78. The average Bonchev–Trinajstić information content (AvgIpc) is 2.44. The van der Waals surface area contributed by atoms with Crippen LogP contribution in [-0.2, 0) is 9.53 Å². The van der Waals surface area contributed by atoms with Gasteiger partial charge in [0.1, 0.15) is 6.10 Å². The van der Waals surface area contributed by atoms with Crippen molar-refractivity contribution in [3.63, 3.8) is 0 Å². The molecule has 1 aliphatic rings. The highest BCUT2D eigenvalue weighted by Crippen LogP contribution is 2.27. The fourth-order valence-corrected chi connectivity index (χ4v) is 2.76. The highest BCUT2D eigenvalue weighted by Gasteiger charge is 2.28. The summed E-state index contributed by atoms with van der Waals surface area (Å²) in [6, 6.07) is 0.259. The molecule has 0 aromatic carbocycles. The van der Waals surface area contributed by atoms with E-state index < -0.39 is 0 Å². The van der Waals surface area contributed by atoms with Gasteiger partial charge >= 0.3 is 0 Å². The second-order valence-corrected chi connectivity index (χ2v) is 5.62. The third kappa shape index (κ3) is 5.11. The van der Waals surface area contributed by atoms with Gasteiger partial charge in [-0.1, -0.05) is 26.7 Å². The molecule has 1 fully saturated rings. The van der Waals surface area contributed by atoms with Crippen LogP contribution in [0.2, 0.25) is 0 Å². The number of rotatable bonds is 7. The molecule has 3 atom stereocenters. The van der Waals surface area contributed by atoms with Gasteiger partial charge < -0.3 is 15.8 Å². The number of nitrogens with one attached hydrogen (secondary N) is 1. The van der Waals surface area contributed by atoms with Crippen molar-refractivity contribution in [3.05, 3.63) is 0 Å². The topological polar surface area (TPSA) is 64.3 Å². The Bertz CT molecular complexity index is 267. The fourth-order valence-electron chi connectivity index (χ4n) is 2.76. The number of carbonyl (C=O) groups excluding carboxylic acids is 1. The van der Waals surface area contributed by atoms with Crippen molar-refractivity contribution in [2.24, 2.45) is 11.7 Å². The molecule has 112 valence electrons. The van der Waals surface area contributed by atoms with Crippen LogP contribution in [0, 0.1) is 5.92 Å². The normalized spacial score (nSPS) is 25.3. The maximum Gasteiger partial charge on any atom is 0.249 e. The summed E-state index contributed by atoms with van der Waals surface area (Å²) in [6.07, 6.45) is 6.28. The Hall–Kier alpha value is -0.610. The molecule has 1 aliphatic carbocycles. The van der Waals surface area contributed by atoms with Crippen molar-refractivity contribution in [2.45, 2.75) is 77.5 Å². The van der Waals surface area contributed by atoms with Gasteiger partial charge in [-0.05, 0) is 45.1 Å². The Morgan fingerprint density at radius 2 is 1.95 bits per heavy atom. The highest BCUT2D eigenvalue weighted by atomic mass is 16.5. The molecule has 0 bridgehead atoms. The van der Waals surface area contributed by atoms with Crippen LogP contribution in [0.25, 0.3) is 0 Å². The SMILES string of the molecule is CCC(CC)NC(=O)C(C)OC1CCCCC1CN. The molecular formula is C15H30N2O2. The molecule has 3 unspecified atom stereocenters. The van der Waals surface area contributed by atoms with Crippen LogP contribution in [0.3, 0.4) is 0 Å². The van der Waals surface area contributed by atoms with Crippen molar-refractivity contribution < 1.29 is 9.53 Å².